The average Bonchev–Trinajstić information content (AvgIpc) is 2.76. The van der Waals surface area contributed by atoms with Crippen LogP contribution in [0.25, 0.3) is 11.0 Å². The Kier molecular flexibility index (Phi) is 3.30. The van der Waals surface area contributed by atoms with Crippen molar-refractivity contribution in [3.63, 3.8) is 0 Å². The van der Waals surface area contributed by atoms with Gasteiger partial charge in [-0.05, 0) is 23.3 Å². The molecule has 1 heterocycles. The van der Waals surface area contributed by atoms with Gasteiger partial charge in [-0.1, -0.05) is 36.4 Å². The van der Waals surface area contributed by atoms with Gasteiger partial charge in [-0.3, -0.25) is 0 Å². The van der Waals surface area contributed by atoms with Gasteiger partial charge in [-0.25, -0.2) is 4.98 Å². The Balaban J connectivity index is 2.02. The maximum atomic E-state index is 4.75. The summed E-state index contributed by atoms with van der Waals surface area (Å²) in [5, 5.41) is 0. The molecule has 0 unspecified atom stereocenters. The Morgan fingerprint density at radius 3 is 2.58 bits per heavy atom. The third kappa shape index (κ3) is 2.38. The minimum Gasteiger partial charge on any atom is -0.331 e. The van der Waals surface area contributed by atoms with Gasteiger partial charge in [0.15, 0.2) is 0 Å². The van der Waals surface area contributed by atoms with E-state index < -0.39 is 0 Å². The van der Waals surface area contributed by atoms with Crippen LogP contribution in [-0.4, -0.2) is 9.55 Å². The lowest BCUT2D eigenvalue weighted by Gasteiger charge is -2.02. The predicted molar refractivity (Wildman–Crippen MR) is 82.7 cm³/mol. The molecule has 0 saturated carbocycles. The van der Waals surface area contributed by atoms with Crippen LogP contribution >= 0.6 is 12.6 Å². The number of imidazole rings is 1. The van der Waals surface area contributed by atoms with E-state index in [0.29, 0.717) is 0 Å². The first-order valence-electron chi connectivity index (χ1n) is 6.37. The first kappa shape index (κ1) is 12.3. The highest BCUT2D eigenvalue weighted by molar-refractivity contribution is 7.79. The Morgan fingerprint density at radius 1 is 1.05 bits per heavy atom. The molecule has 0 aliphatic rings. The van der Waals surface area contributed by atoms with Gasteiger partial charge in [0.2, 0.25) is 0 Å². The lowest BCUT2D eigenvalue weighted by atomic mass is 10.1. The van der Waals surface area contributed by atoms with E-state index in [4.69, 9.17) is 4.98 Å². The van der Waals surface area contributed by atoms with Crippen LogP contribution < -0.4 is 0 Å². The molecule has 0 fully saturated rings. The van der Waals surface area contributed by atoms with Crippen LogP contribution in [0.3, 0.4) is 0 Å². The van der Waals surface area contributed by atoms with Crippen molar-refractivity contribution >= 4 is 23.7 Å². The van der Waals surface area contributed by atoms with Gasteiger partial charge in [0.25, 0.3) is 0 Å². The van der Waals surface area contributed by atoms with E-state index in [0.717, 1.165) is 23.5 Å². The molecule has 0 bridgehead atoms. The van der Waals surface area contributed by atoms with Crippen molar-refractivity contribution in [3.05, 3.63) is 65.5 Å². The topological polar surface area (TPSA) is 17.8 Å². The molecule has 0 radical (unpaired) electrons. The smallest absolute Gasteiger partial charge is 0.114 e. The van der Waals surface area contributed by atoms with Gasteiger partial charge < -0.3 is 4.57 Å². The Hall–Kier alpha value is -1.74. The first-order valence-corrected chi connectivity index (χ1v) is 7.00. The van der Waals surface area contributed by atoms with Gasteiger partial charge in [0.1, 0.15) is 5.82 Å². The van der Waals surface area contributed by atoms with Crippen LogP contribution in [-0.2, 0) is 19.2 Å². The maximum absolute atomic E-state index is 4.75. The number of hydrogen-bond donors (Lipinski definition) is 1. The first-order chi connectivity index (χ1) is 9.28. The standard InChI is InChI=1S/C16H16N2S/c1-18-15-8-7-13(11-19)9-14(15)17-16(18)10-12-5-3-2-4-6-12/h2-9,19H,10-11H2,1H3. The third-order valence-corrected chi connectivity index (χ3v) is 3.79. The Bertz CT molecular complexity index is 701. The summed E-state index contributed by atoms with van der Waals surface area (Å²) in [4.78, 5) is 4.75. The van der Waals surface area contributed by atoms with Crippen molar-refractivity contribution < 1.29 is 0 Å². The van der Waals surface area contributed by atoms with Gasteiger partial charge in [-0.15, -0.1) is 0 Å². The highest BCUT2D eigenvalue weighted by Crippen LogP contribution is 2.19. The quantitative estimate of drug-likeness (QED) is 0.719. The summed E-state index contributed by atoms with van der Waals surface area (Å²) < 4.78 is 2.17. The average molecular weight is 268 g/mol. The number of rotatable bonds is 3. The minimum absolute atomic E-state index is 0.751. The number of aromatic nitrogens is 2. The fourth-order valence-electron chi connectivity index (χ4n) is 2.33. The highest BCUT2D eigenvalue weighted by atomic mass is 32.1. The maximum Gasteiger partial charge on any atom is 0.114 e. The van der Waals surface area contributed by atoms with E-state index in [1.807, 2.05) is 6.07 Å². The zero-order valence-corrected chi connectivity index (χ0v) is 11.8. The van der Waals surface area contributed by atoms with Crippen molar-refractivity contribution in [3.8, 4) is 0 Å². The van der Waals surface area contributed by atoms with E-state index in [1.165, 1.54) is 16.6 Å². The van der Waals surface area contributed by atoms with Crippen molar-refractivity contribution in [2.45, 2.75) is 12.2 Å². The van der Waals surface area contributed by atoms with E-state index >= 15 is 0 Å². The zero-order chi connectivity index (χ0) is 13.2. The molecule has 0 aliphatic carbocycles. The lowest BCUT2D eigenvalue weighted by molar-refractivity contribution is 0.844. The van der Waals surface area contributed by atoms with Gasteiger partial charge in [-0.2, -0.15) is 12.6 Å². The highest BCUT2D eigenvalue weighted by Gasteiger charge is 2.08. The molecule has 0 N–H and O–H groups in total. The van der Waals surface area contributed by atoms with Crippen LogP contribution in [0.1, 0.15) is 17.0 Å². The molecule has 0 aliphatic heterocycles. The number of nitrogens with zero attached hydrogens (tertiary/aromatic N) is 2. The molecular weight excluding hydrogens is 252 g/mol. The van der Waals surface area contributed by atoms with E-state index in [-0.39, 0.29) is 0 Å². The molecule has 3 heteroatoms. The molecule has 2 nitrogen and oxygen atoms in total. The molecule has 2 aromatic carbocycles. The second kappa shape index (κ2) is 5.10. The molecule has 0 saturated heterocycles. The van der Waals surface area contributed by atoms with E-state index in [1.54, 1.807) is 0 Å². The van der Waals surface area contributed by atoms with Gasteiger partial charge in [0.05, 0.1) is 11.0 Å². The van der Waals surface area contributed by atoms with Crippen molar-refractivity contribution in [1.82, 2.24) is 9.55 Å². The fourth-order valence-corrected chi connectivity index (χ4v) is 2.53. The summed E-state index contributed by atoms with van der Waals surface area (Å²) in [5.74, 6) is 1.85. The number of hydrogen-bond acceptors (Lipinski definition) is 2. The summed E-state index contributed by atoms with van der Waals surface area (Å²) in [6, 6.07) is 16.8. The number of benzene rings is 2. The van der Waals surface area contributed by atoms with Crippen molar-refractivity contribution in [2.24, 2.45) is 7.05 Å². The van der Waals surface area contributed by atoms with Gasteiger partial charge in [0, 0.05) is 19.2 Å². The lowest BCUT2D eigenvalue weighted by Crippen LogP contribution is -1.98. The number of thiol groups is 1. The Labute approximate surface area is 118 Å². The SMILES string of the molecule is Cn1c(Cc2ccccc2)nc2cc(CS)ccc21. The van der Waals surface area contributed by atoms with Gasteiger partial charge >= 0.3 is 0 Å². The van der Waals surface area contributed by atoms with Crippen molar-refractivity contribution in [1.29, 1.82) is 0 Å². The largest absolute Gasteiger partial charge is 0.331 e. The van der Waals surface area contributed by atoms with Crippen LogP contribution in [0, 0.1) is 0 Å². The molecule has 1 aromatic heterocycles. The molecule has 0 atom stereocenters. The molecule has 96 valence electrons. The van der Waals surface area contributed by atoms with E-state index in [9.17, 15) is 0 Å². The predicted octanol–water partition coefficient (Wildman–Crippen LogP) is 3.59. The number of aryl methyl sites for hydroxylation is 1. The summed E-state index contributed by atoms with van der Waals surface area (Å²) in [6.07, 6.45) is 0.863. The van der Waals surface area contributed by atoms with Crippen LogP contribution in [0.15, 0.2) is 48.5 Å². The summed E-state index contributed by atoms with van der Waals surface area (Å²) in [6.45, 7) is 0. The fraction of sp³-hybridized carbons (Fsp3) is 0.188. The summed E-state index contributed by atoms with van der Waals surface area (Å²) in [5.41, 5.74) is 4.73. The molecular formula is C16H16N2S. The normalized spacial score (nSPS) is 11.1. The molecule has 19 heavy (non-hydrogen) atoms. The molecule has 0 spiro atoms. The minimum atomic E-state index is 0.751. The molecule has 0 amide bonds. The summed E-state index contributed by atoms with van der Waals surface area (Å²) >= 11 is 4.31. The van der Waals surface area contributed by atoms with Crippen molar-refractivity contribution in [2.75, 3.05) is 0 Å². The second-order valence-corrected chi connectivity index (χ2v) is 5.05. The van der Waals surface area contributed by atoms with Crippen LogP contribution in [0.4, 0.5) is 0 Å². The van der Waals surface area contributed by atoms with Crippen LogP contribution in [0.2, 0.25) is 0 Å². The molecule has 3 aromatic rings. The van der Waals surface area contributed by atoms with E-state index in [2.05, 4.69) is 66.7 Å². The molecule has 3 rings (SSSR count). The Morgan fingerprint density at radius 2 is 1.84 bits per heavy atom. The number of fused-ring (bicyclic) bond motifs is 1. The summed E-state index contributed by atoms with van der Waals surface area (Å²) in [7, 11) is 2.08. The monoisotopic (exact) mass is 268 g/mol. The zero-order valence-electron chi connectivity index (χ0n) is 10.9. The van der Waals surface area contributed by atoms with Crippen LogP contribution in [0.5, 0.6) is 0 Å². The third-order valence-electron chi connectivity index (χ3n) is 3.43. The second-order valence-electron chi connectivity index (χ2n) is 4.73.